The summed E-state index contributed by atoms with van der Waals surface area (Å²) in [5, 5.41) is 0. The Morgan fingerprint density at radius 3 is 2.08 bits per heavy atom. The van der Waals surface area contributed by atoms with Crippen molar-refractivity contribution in [3.05, 3.63) is 60.6 Å². The zero-order chi connectivity index (χ0) is 9.80. The largest absolute Gasteiger partial charge is 0.457 e. The Bertz CT molecular complexity index is 412. The van der Waals surface area contributed by atoms with Crippen LogP contribution in [0.3, 0.4) is 0 Å². The monoisotopic (exact) mass is 171 g/mol. The van der Waals surface area contributed by atoms with Gasteiger partial charge in [0.2, 0.25) is 0 Å². The molecule has 2 aromatic carbocycles. The molecule has 1 heteroatoms. The summed E-state index contributed by atoms with van der Waals surface area (Å²) in [6, 6.07) is 17.0. The topological polar surface area (TPSA) is 9.23 Å². The molecule has 0 bridgehead atoms. The van der Waals surface area contributed by atoms with Crippen LogP contribution >= 0.6 is 0 Å². The van der Waals surface area contributed by atoms with Crippen molar-refractivity contribution in [2.45, 2.75) is 0 Å². The second kappa shape index (κ2) is 3.76. The molecule has 0 aromatic heterocycles. The predicted octanol–water partition coefficient (Wildman–Crippen LogP) is 3.48. The third kappa shape index (κ3) is 2.09. The summed E-state index contributed by atoms with van der Waals surface area (Å²) in [5.74, 6) is 1.34. The molecule has 0 unspecified atom stereocenters. The third-order valence-electron chi connectivity index (χ3n) is 1.65. The zero-order valence-electron chi connectivity index (χ0n) is 8.10. The van der Waals surface area contributed by atoms with Crippen LogP contribution < -0.4 is 4.74 Å². The van der Waals surface area contributed by atoms with Crippen LogP contribution in [0.15, 0.2) is 60.6 Å². The van der Waals surface area contributed by atoms with Crippen LogP contribution in [-0.4, -0.2) is 0 Å². The summed E-state index contributed by atoms with van der Waals surface area (Å²) in [7, 11) is 0. The first-order chi connectivity index (χ1) is 6.86. The molecule has 0 saturated carbocycles. The van der Waals surface area contributed by atoms with Crippen LogP contribution in [0.5, 0.6) is 11.5 Å². The summed E-state index contributed by atoms with van der Waals surface area (Å²) in [5.41, 5.74) is 0. The Labute approximate surface area is 79.0 Å². The molecule has 0 saturated heterocycles. The minimum absolute atomic E-state index is 0.399. The highest BCUT2D eigenvalue weighted by molar-refractivity contribution is 5.30. The molecule has 0 heterocycles. The van der Waals surface area contributed by atoms with Crippen LogP contribution in [0, 0.1) is 0 Å². The maximum absolute atomic E-state index is 7.60. The highest BCUT2D eigenvalue weighted by atomic mass is 16.5. The average molecular weight is 171 g/mol. The Morgan fingerprint density at radius 1 is 0.769 bits per heavy atom. The predicted molar refractivity (Wildman–Crippen MR) is 53.0 cm³/mol. The summed E-state index contributed by atoms with van der Waals surface area (Å²) >= 11 is 0. The molecule has 2 aromatic rings. The number of rotatable bonds is 2. The minimum Gasteiger partial charge on any atom is -0.457 e. The Kier molecular flexibility index (Phi) is 1.95. The van der Waals surface area contributed by atoms with E-state index in [1.165, 1.54) is 0 Å². The molecule has 64 valence electrons. The fraction of sp³-hybridized carbons (Fsp3) is 0. The van der Waals surface area contributed by atoms with E-state index in [1.807, 2.05) is 42.5 Å². The first kappa shape index (κ1) is 6.72. The van der Waals surface area contributed by atoms with Crippen molar-refractivity contribution in [2.75, 3.05) is 0 Å². The van der Waals surface area contributed by atoms with E-state index in [2.05, 4.69) is 0 Å². The molecule has 0 fully saturated rings. The lowest BCUT2D eigenvalue weighted by Gasteiger charge is -2.03. The van der Waals surface area contributed by atoms with Crippen LogP contribution in [0.1, 0.15) is 1.37 Å². The molecular formula is C12H10O. The molecule has 13 heavy (non-hydrogen) atoms. The summed E-state index contributed by atoms with van der Waals surface area (Å²) in [6.45, 7) is 0. The van der Waals surface area contributed by atoms with Gasteiger partial charge >= 0.3 is 0 Å². The second-order valence-electron chi connectivity index (χ2n) is 2.64. The number of benzene rings is 2. The highest BCUT2D eigenvalue weighted by Crippen LogP contribution is 2.19. The lowest BCUT2D eigenvalue weighted by Crippen LogP contribution is -1.81. The van der Waals surface area contributed by atoms with Crippen LogP contribution in [0.25, 0.3) is 0 Å². The molecular weight excluding hydrogens is 160 g/mol. The van der Waals surface area contributed by atoms with E-state index in [4.69, 9.17) is 6.11 Å². The van der Waals surface area contributed by atoms with Crippen molar-refractivity contribution < 1.29 is 6.11 Å². The third-order valence-corrected chi connectivity index (χ3v) is 1.65. The molecule has 1 nitrogen and oxygen atoms in total. The molecule has 0 amide bonds. The van der Waals surface area contributed by atoms with Crippen LogP contribution in [0.2, 0.25) is 0 Å². The van der Waals surface area contributed by atoms with E-state index in [1.54, 1.807) is 12.1 Å². The van der Waals surface area contributed by atoms with E-state index in [-0.39, 0.29) is 0 Å². The van der Waals surface area contributed by atoms with Gasteiger partial charge in [-0.25, -0.2) is 0 Å². The number of hydrogen-bond acceptors (Lipinski definition) is 1. The molecule has 0 spiro atoms. The van der Waals surface area contributed by atoms with Crippen molar-refractivity contribution in [3.8, 4) is 11.5 Å². The van der Waals surface area contributed by atoms with Crippen LogP contribution in [-0.2, 0) is 0 Å². The van der Waals surface area contributed by atoms with Crippen molar-refractivity contribution in [1.82, 2.24) is 0 Å². The Hall–Kier alpha value is -1.76. The molecule has 0 atom stereocenters. The summed E-state index contributed by atoms with van der Waals surface area (Å²) in [6.07, 6.45) is 0. The maximum atomic E-state index is 7.60. The first-order valence-corrected chi connectivity index (χ1v) is 4.15. The molecule has 0 N–H and O–H groups in total. The van der Waals surface area contributed by atoms with Crippen LogP contribution in [0.4, 0.5) is 0 Å². The van der Waals surface area contributed by atoms with E-state index in [0.717, 1.165) is 5.75 Å². The Morgan fingerprint density at radius 2 is 1.38 bits per heavy atom. The van der Waals surface area contributed by atoms with Crippen molar-refractivity contribution in [3.63, 3.8) is 0 Å². The first-order valence-electron chi connectivity index (χ1n) is 4.65. The van der Waals surface area contributed by atoms with Gasteiger partial charge in [0, 0.05) is 0 Å². The minimum atomic E-state index is 0.399. The fourth-order valence-corrected chi connectivity index (χ4v) is 1.06. The van der Waals surface area contributed by atoms with E-state index < -0.39 is 0 Å². The van der Waals surface area contributed by atoms with Crippen molar-refractivity contribution in [2.24, 2.45) is 0 Å². The van der Waals surface area contributed by atoms with Gasteiger partial charge in [-0.2, -0.15) is 0 Å². The SMILES string of the molecule is [2H]c1ccccc1Oc1ccccc1. The van der Waals surface area contributed by atoms with E-state index in [9.17, 15) is 0 Å². The number of hydrogen-bond donors (Lipinski definition) is 0. The maximum Gasteiger partial charge on any atom is 0.127 e. The summed E-state index contributed by atoms with van der Waals surface area (Å²) < 4.78 is 13.1. The zero-order valence-corrected chi connectivity index (χ0v) is 7.10. The number of ether oxygens (including phenoxy) is 1. The molecule has 0 aliphatic carbocycles. The summed E-state index contributed by atoms with van der Waals surface area (Å²) in [4.78, 5) is 0. The Balaban J connectivity index is 2.24. The molecule has 0 aliphatic rings. The van der Waals surface area contributed by atoms with E-state index >= 15 is 0 Å². The van der Waals surface area contributed by atoms with Gasteiger partial charge in [0.25, 0.3) is 0 Å². The van der Waals surface area contributed by atoms with Gasteiger partial charge in [0.05, 0.1) is 1.37 Å². The lowest BCUT2D eigenvalue weighted by molar-refractivity contribution is 0.482. The van der Waals surface area contributed by atoms with Gasteiger partial charge in [-0.15, -0.1) is 0 Å². The highest BCUT2D eigenvalue weighted by Gasteiger charge is 1.92. The van der Waals surface area contributed by atoms with Gasteiger partial charge in [-0.3, -0.25) is 0 Å². The van der Waals surface area contributed by atoms with Gasteiger partial charge in [-0.05, 0) is 24.2 Å². The normalized spacial score (nSPS) is 10.6. The average Bonchev–Trinajstić information content (AvgIpc) is 2.23. The second-order valence-corrected chi connectivity index (χ2v) is 2.64. The molecule has 0 aliphatic heterocycles. The van der Waals surface area contributed by atoms with E-state index in [0.29, 0.717) is 11.8 Å². The van der Waals surface area contributed by atoms with Crippen molar-refractivity contribution >= 4 is 0 Å². The van der Waals surface area contributed by atoms with Gasteiger partial charge in [0.1, 0.15) is 11.5 Å². The van der Waals surface area contributed by atoms with Crippen molar-refractivity contribution in [1.29, 1.82) is 0 Å². The standard InChI is InChI=1S/C12H10O/c1-3-7-11(8-4-1)13-12-9-5-2-6-10-12/h1-10H/i7D. The van der Waals surface area contributed by atoms with Gasteiger partial charge in [-0.1, -0.05) is 36.4 Å². The quantitative estimate of drug-likeness (QED) is 0.672. The number of para-hydroxylation sites is 2. The lowest BCUT2D eigenvalue weighted by atomic mass is 10.3. The molecule has 0 radical (unpaired) electrons. The molecule has 2 rings (SSSR count). The van der Waals surface area contributed by atoms with Gasteiger partial charge in [0.15, 0.2) is 0 Å². The smallest absolute Gasteiger partial charge is 0.127 e. The van der Waals surface area contributed by atoms with Gasteiger partial charge < -0.3 is 4.74 Å². The fourth-order valence-electron chi connectivity index (χ4n) is 1.06.